The summed E-state index contributed by atoms with van der Waals surface area (Å²) in [6.45, 7) is 2.13. The van der Waals surface area contributed by atoms with E-state index in [2.05, 4.69) is 10.6 Å². The summed E-state index contributed by atoms with van der Waals surface area (Å²) in [4.78, 5) is 64.4. The highest BCUT2D eigenvalue weighted by molar-refractivity contribution is 8.00. The number of carbonyl (C=O) groups excluding carboxylic acids is 4. The van der Waals surface area contributed by atoms with E-state index >= 15 is 0 Å². The predicted octanol–water partition coefficient (Wildman–Crippen LogP) is 0.220. The van der Waals surface area contributed by atoms with Crippen molar-refractivity contribution in [2.45, 2.75) is 30.8 Å². The first-order chi connectivity index (χ1) is 18.7. The van der Waals surface area contributed by atoms with E-state index < -0.39 is 56.9 Å². The molecule has 15 nitrogen and oxygen atoms in total. The van der Waals surface area contributed by atoms with Crippen molar-refractivity contribution in [3.8, 4) is 0 Å². The maximum atomic E-state index is 13.5. The van der Waals surface area contributed by atoms with Crippen LogP contribution in [-0.2, 0) is 29.1 Å². The average molecular weight is 616 g/mol. The van der Waals surface area contributed by atoms with Gasteiger partial charge in [0.05, 0.1) is 25.6 Å². The fourth-order valence-electron chi connectivity index (χ4n) is 4.46. The van der Waals surface area contributed by atoms with E-state index in [-0.39, 0.29) is 41.9 Å². The molecule has 40 heavy (non-hydrogen) atoms. The van der Waals surface area contributed by atoms with E-state index in [0.717, 1.165) is 6.26 Å². The molecular weight excluding hydrogens is 590 g/mol. The normalized spacial score (nSPS) is 23.4. The summed E-state index contributed by atoms with van der Waals surface area (Å²) >= 11 is 6.79. The maximum Gasteiger partial charge on any atom is 0.352 e. The molecule has 3 N–H and O–H groups in total. The largest absolute Gasteiger partial charge is 0.477 e. The third-order valence-corrected chi connectivity index (χ3v) is 9.67. The van der Waals surface area contributed by atoms with Gasteiger partial charge in [0.1, 0.15) is 34.0 Å². The molecule has 0 saturated carbocycles. The number of esters is 1. The lowest BCUT2D eigenvalue weighted by molar-refractivity contribution is -0.140. The molecule has 5 amide bonds. The van der Waals surface area contributed by atoms with Crippen LogP contribution in [0.1, 0.15) is 25.6 Å². The zero-order valence-electron chi connectivity index (χ0n) is 21.4. The topological polar surface area (TPSA) is 196 Å². The number of nitrogens with zero attached hydrogens (tertiary/aromatic N) is 3. The van der Waals surface area contributed by atoms with Gasteiger partial charge in [-0.25, -0.2) is 32.0 Å². The number of carbonyl (C=O) groups is 5. The molecule has 2 fully saturated rings. The molecule has 3 aliphatic rings. The Hall–Kier alpha value is -3.64. The highest BCUT2D eigenvalue weighted by Gasteiger charge is 2.60. The molecule has 0 aromatic carbocycles. The SMILES string of the molecule is CC(=O)OCC1=C(C(=O)O)N2C(=S)[C@@](C)(NC(=O)C(NC(=O)N3CCN(S(C)(=O)=O)C3=O)c3ccco3)[C@@H]2SC1. The fourth-order valence-corrected chi connectivity index (χ4v) is 7.20. The van der Waals surface area contributed by atoms with Crippen molar-refractivity contribution in [3.63, 3.8) is 0 Å². The van der Waals surface area contributed by atoms with E-state index in [4.69, 9.17) is 21.4 Å². The van der Waals surface area contributed by atoms with Crippen molar-refractivity contribution in [2.24, 2.45) is 0 Å². The van der Waals surface area contributed by atoms with Crippen molar-refractivity contribution in [1.29, 1.82) is 0 Å². The maximum absolute atomic E-state index is 13.5. The number of urea groups is 2. The summed E-state index contributed by atoms with van der Waals surface area (Å²) < 4.78 is 34.5. The molecule has 18 heteroatoms. The third kappa shape index (κ3) is 5.25. The monoisotopic (exact) mass is 615 g/mol. The number of thioether (sulfide) groups is 1. The minimum absolute atomic E-state index is 0.0225. The molecule has 0 bridgehead atoms. The van der Waals surface area contributed by atoms with Crippen LogP contribution in [0.2, 0.25) is 0 Å². The standard InChI is InChI=1S/C22H25N5O10S3/c1-11(28)37-9-12-10-39-19-22(2,18(38)27(19)15(12)17(30)31)24-16(29)14(13-5-4-8-36-13)23-20(32)25-6-7-26(21(25)33)40(3,34)35/h4-5,8,14,19H,6-7,9-10H2,1-3H3,(H,23,32)(H,24,29)(H,30,31)/t14?,19-,22+/m0/s1. The molecule has 3 aliphatic heterocycles. The van der Waals surface area contributed by atoms with E-state index in [9.17, 15) is 37.5 Å². The summed E-state index contributed by atoms with van der Waals surface area (Å²) in [5, 5.41) is 14.4. The van der Waals surface area contributed by atoms with Gasteiger partial charge in [-0.3, -0.25) is 9.59 Å². The summed E-state index contributed by atoms with van der Waals surface area (Å²) in [5.41, 5.74) is -1.02. The predicted molar refractivity (Wildman–Crippen MR) is 142 cm³/mol. The van der Waals surface area contributed by atoms with Crippen molar-refractivity contribution < 1.29 is 46.7 Å². The third-order valence-electron chi connectivity index (χ3n) is 6.39. The van der Waals surface area contributed by atoms with Gasteiger partial charge in [-0.05, 0) is 19.1 Å². The van der Waals surface area contributed by atoms with Crippen molar-refractivity contribution >= 4 is 68.9 Å². The van der Waals surface area contributed by atoms with Gasteiger partial charge in [-0.2, -0.15) is 0 Å². The first-order valence-electron chi connectivity index (χ1n) is 11.7. The average Bonchev–Trinajstić information content (AvgIpc) is 3.54. The number of furan rings is 1. The minimum Gasteiger partial charge on any atom is -0.477 e. The molecule has 1 unspecified atom stereocenters. The first-order valence-corrected chi connectivity index (χ1v) is 15.0. The molecule has 1 aromatic rings. The summed E-state index contributed by atoms with van der Waals surface area (Å²) in [7, 11) is -3.89. The summed E-state index contributed by atoms with van der Waals surface area (Å²) in [6, 6.07) is -0.614. The fraction of sp³-hybridized carbons (Fsp3) is 0.455. The van der Waals surface area contributed by atoms with Gasteiger partial charge in [-0.15, -0.1) is 11.8 Å². The Kier molecular flexibility index (Phi) is 7.88. The number of thiocarbonyl (C=S) groups is 1. The molecule has 0 radical (unpaired) electrons. The Morgan fingerprint density at radius 1 is 1.32 bits per heavy atom. The Balaban J connectivity index is 1.53. The minimum atomic E-state index is -3.89. The van der Waals surface area contributed by atoms with E-state index in [1.165, 1.54) is 42.0 Å². The van der Waals surface area contributed by atoms with Crippen LogP contribution in [0.3, 0.4) is 0 Å². The lowest BCUT2D eigenvalue weighted by Crippen LogP contribution is -2.78. The van der Waals surface area contributed by atoms with Crippen LogP contribution >= 0.6 is 24.0 Å². The van der Waals surface area contributed by atoms with Crippen LogP contribution in [-0.4, -0.2) is 105 Å². The van der Waals surface area contributed by atoms with E-state index in [1.54, 1.807) is 6.92 Å². The highest BCUT2D eigenvalue weighted by Crippen LogP contribution is 2.47. The number of amides is 5. The van der Waals surface area contributed by atoms with Crippen LogP contribution in [0.15, 0.2) is 34.1 Å². The Morgan fingerprint density at radius 2 is 2.02 bits per heavy atom. The second-order valence-electron chi connectivity index (χ2n) is 9.23. The number of hydrogen-bond acceptors (Lipinski definition) is 11. The van der Waals surface area contributed by atoms with Crippen LogP contribution in [0, 0.1) is 0 Å². The second-order valence-corrected chi connectivity index (χ2v) is 12.6. The molecular formula is C22H25N5O10S3. The Labute approximate surface area is 237 Å². The Morgan fingerprint density at radius 3 is 2.58 bits per heavy atom. The molecule has 0 aliphatic carbocycles. The Bertz CT molecular complexity index is 1430. The van der Waals surface area contributed by atoms with Gasteiger partial charge in [-0.1, -0.05) is 12.2 Å². The second kappa shape index (κ2) is 10.7. The van der Waals surface area contributed by atoms with Gasteiger partial charge in [0.25, 0.3) is 5.91 Å². The zero-order valence-corrected chi connectivity index (χ0v) is 23.9. The number of rotatable bonds is 8. The van der Waals surface area contributed by atoms with Gasteiger partial charge in [0.2, 0.25) is 10.0 Å². The van der Waals surface area contributed by atoms with Crippen molar-refractivity contribution in [3.05, 3.63) is 35.4 Å². The van der Waals surface area contributed by atoms with Crippen molar-refractivity contribution in [1.82, 2.24) is 24.7 Å². The molecule has 2 saturated heterocycles. The number of sulfonamides is 1. The summed E-state index contributed by atoms with van der Waals surface area (Å²) in [5.74, 6) is -2.40. The lowest BCUT2D eigenvalue weighted by atomic mass is 9.88. The molecule has 4 heterocycles. The van der Waals surface area contributed by atoms with E-state index in [1.807, 2.05) is 0 Å². The van der Waals surface area contributed by atoms with Crippen LogP contribution in [0.25, 0.3) is 0 Å². The number of fused-ring (bicyclic) bond motifs is 1. The number of aliphatic carboxylic acids is 1. The highest BCUT2D eigenvalue weighted by atomic mass is 32.2. The number of hydrogen-bond donors (Lipinski definition) is 3. The van der Waals surface area contributed by atoms with Crippen LogP contribution < -0.4 is 10.6 Å². The van der Waals surface area contributed by atoms with Crippen LogP contribution in [0.5, 0.6) is 0 Å². The zero-order chi connectivity index (χ0) is 29.6. The molecule has 1 aromatic heterocycles. The molecule has 0 spiro atoms. The van der Waals surface area contributed by atoms with Gasteiger partial charge < -0.3 is 29.8 Å². The van der Waals surface area contributed by atoms with Gasteiger partial charge in [0.15, 0.2) is 6.04 Å². The quantitative estimate of drug-likeness (QED) is 0.266. The smallest absolute Gasteiger partial charge is 0.352 e. The number of ether oxygens (including phenoxy) is 1. The molecule has 216 valence electrons. The number of imide groups is 1. The summed E-state index contributed by atoms with van der Waals surface area (Å²) in [6.07, 6.45) is 2.11. The number of carboxylic acid groups (broad SMARTS) is 1. The van der Waals surface area contributed by atoms with Crippen molar-refractivity contribution in [2.75, 3.05) is 31.7 Å². The van der Waals surface area contributed by atoms with Crippen LogP contribution in [0.4, 0.5) is 9.59 Å². The van der Waals surface area contributed by atoms with E-state index in [0.29, 0.717) is 14.8 Å². The number of nitrogens with one attached hydrogen (secondary N) is 2. The van der Waals surface area contributed by atoms with Gasteiger partial charge >= 0.3 is 24.0 Å². The molecule has 3 atom stereocenters. The first kappa shape index (κ1) is 29.3. The number of carboxylic acids is 1. The molecule has 4 rings (SSSR count). The van der Waals surface area contributed by atoms with Gasteiger partial charge in [0, 0.05) is 18.2 Å². The lowest BCUT2D eigenvalue weighted by Gasteiger charge is -2.58.